The van der Waals surface area contributed by atoms with Crippen LogP contribution in [0.4, 0.5) is 0 Å². The van der Waals surface area contributed by atoms with Gasteiger partial charge in [0, 0.05) is 26.8 Å². The van der Waals surface area contributed by atoms with Crippen LogP contribution in [0, 0.1) is 5.92 Å². The van der Waals surface area contributed by atoms with E-state index in [9.17, 15) is 19.8 Å². The molecule has 210 valence electrons. The average molecular weight is 531 g/mol. The molecular formula is C29H42N2O7. The van der Waals surface area contributed by atoms with E-state index >= 15 is 0 Å². The topological polar surface area (TPSA) is 140 Å². The number of aromatic hydroxyl groups is 1. The van der Waals surface area contributed by atoms with Crippen molar-refractivity contribution in [1.82, 2.24) is 5.32 Å². The van der Waals surface area contributed by atoms with Gasteiger partial charge in [-0.2, -0.15) is 0 Å². The number of nitrogens with one attached hydrogen (secondary N) is 1. The molecule has 1 aromatic carbocycles. The lowest BCUT2D eigenvalue weighted by Crippen LogP contribution is -2.35. The number of rotatable bonds is 10. The summed E-state index contributed by atoms with van der Waals surface area (Å²) in [6, 6.07) is 3.45. The van der Waals surface area contributed by atoms with E-state index in [4.69, 9.17) is 19.9 Å². The molecular weight excluding hydrogens is 488 g/mol. The molecule has 1 heterocycles. The Morgan fingerprint density at radius 1 is 1.13 bits per heavy atom. The highest BCUT2D eigenvalue weighted by atomic mass is 16.6. The summed E-state index contributed by atoms with van der Waals surface area (Å²) in [7, 11) is 1.50. The zero-order valence-corrected chi connectivity index (χ0v) is 22.7. The zero-order chi connectivity index (χ0) is 27.7. The minimum atomic E-state index is -0.505. The number of esters is 2. The molecule has 0 spiro atoms. The van der Waals surface area contributed by atoms with Crippen molar-refractivity contribution < 1.29 is 34.0 Å². The van der Waals surface area contributed by atoms with Crippen molar-refractivity contribution in [3.63, 3.8) is 0 Å². The van der Waals surface area contributed by atoms with Gasteiger partial charge in [-0.3, -0.25) is 9.59 Å². The molecule has 0 unspecified atom stereocenters. The van der Waals surface area contributed by atoms with E-state index in [1.807, 2.05) is 12.2 Å². The number of phenolic OH excluding ortho intramolecular Hbond substituents is 1. The molecule has 5 N–H and O–H groups in total. The Morgan fingerprint density at radius 2 is 1.87 bits per heavy atom. The molecule has 1 aliphatic heterocycles. The summed E-state index contributed by atoms with van der Waals surface area (Å²) in [4.78, 5) is 24.0. The number of carbonyl (C=O) groups excluding carboxylic acids is 2. The molecule has 0 bridgehead atoms. The van der Waals surface area contributed by atoms with Crippen LogP contribution in [0.2, 0.25) is 0 Å². The van der Waals surface area contributed by atoms with E-state index in [2.05, 4.69) is 5.32 Å². The number of carbonyl (C=O) groups is 2. The lowest BCUT2D eigenvalue weighted by Gasteiger charge is -2.32. The van der Waals surface area contributed by atoms with Crippen LogP contribution in [0.25, 0.3) is 5.57 Å². The third-order valence-corrected chi connectivity index (χ3v) is 7.25. The van der Waals surface area contributed by atoms with Crippen molar-refractivity contribution in [2.45, 2.75) is 89.9 Å². The van der Waals surface area contributed by atoms with Gasteiger partial charge in [0.05, 0.1) is 19.0 Å². The fraction of sp³-hybridized carbons (Fsp3) is 0.586. The largest absolute Gasteiger partial charge is 0.504 e. The Hall–Kier alpha value is -3.20. The van der Waals surface area contributed by atoms with Crippen LogP contribution in [0.5, 0.6) is 11.5 Å². The lowest BCUT2D eigenvalue weighted by molar-refractivity contribution is -0.156. The Morgan fingerprint density at radius 3 is 2.55 bits per heavy atom. The van der Waals surface area contributed by atoms with Gasteiger partial charge in [0.15, 0.2) is 11.5 Å². The third kappa shape index (κ3) is 8.68. The number of aryl methyl sites for hydroxylation is 1. The summed E-state index contributed by atoms with van der Waals surface area (Å²) in [5, 5.41) is 24.0. The van der Waals surface area contributed by atoms with E-state index in [0.717, 1.165) is 48.8 Å². The molecule has 1 saturated carbocycles. The summed E-state index contributed by atoms with van der Waals surface area (Å²) < 4.78 is 16.8. The van der Waals surface area contributed by atoms with Crippen molar-refractivity contribution in [3.8, 4) is 11.5 Å². The van der Waals surface area contributed by atoms with Gasteiger partial charge in [-0.25, -0.2) is 0 Å². The molecule has 0 radical (unpaired) electrons. The maximum absolute atomic E-state index is 12.0. The van der Waals surface area contributed by atoms with E-state index in [-0.39, 0.29) is 17.6 Å². The van der Waals surface area contributed by atoms with Crippen LogP contribution in [0.3, 0.4) is 0 Å². The second kappa shape index (κ2) is 14.1. The van der Waals surface area contributed by atoms with Crippen molar-refractivity contribution >= 4 is 17.5 Å². The molecule has 3 rings (SSSR count). The summed E-state index contributed by atoms with van der Waals surface area (Å²) in [6.07, 6.45) is 8.90. The lowest BCUT2D eigenvalue weighted by atomic mass is 9.83. The van der Waals surface area contributed by atoms with E-state index in [1.165, 1.54) is 21.0 Å². The van der Waals surface area contributed by atoms with Crippen LogP contribution in [0.1, 0.15) is 76.3 Å². The first-order chi connectivity index (χ1) is 18.2. The van der Waals surface area contributed by atoms with Crippen molar-refractivity contribution in [2.75, 3.05) is 13.7 Å². The Labute approximate surface area is 225 Å². The normalized spacial score (nSPS) is 21.5. The molecule has 1 aliphatic carbocycles. The fourth-order valence-electron chi connectivity index (χ4n) is 5.46. The molecule has 4 atom stereocenters. The molecule has 0 aromatic heterocycles. The highest BCUT2D eigenvalue weighted by Gasteiger charge is 2.31. The number of methoxy groups -OCH3 is 1. The standard InChI is InChI=1S/C29H42N2O7/c1-18(32)37-24(16-27(38-19(2)33)22-7-5-4-6-8-23(34)13-22)10-9-20-14-28(36-3)26(35)17-25(20)21-11-12-31-29(30)15-21/h11,14-15,17,22-24,27,31,34-35H,4-10,12-13,16,30H2,1-3H3/t22-,23+,24+,27+/m0/s1. The minimum absolute atomic E-state index is 0.00964. The van der Waals surface area contributed by atoms with Crippen LogP contribution >= 0.6 is 0 Å². The molecule has 2 aliphatic rings. The SMILES string of the molecule is COc1cc(CC[C@H](C[C@@H](OC(C)=O)[C@H]2CCCCC[C@@H](O)C2)OC(C)=O)c(C2=CCNC(N)=C2)cc1O. The van der Waals surface area contributed by atoms with Crippen molar-refractivity contribution in [2.24, 2.45) is 11.7 Å². The Balaban J connectivity index is 1.84. The molecule has 9 nitrogen and oxygen atoms in total. The number of phenols is 1. The van der Waals surface area contributed by atoms with Crippen LogP contribution in [-0.2, 0) is 25.5 Å². The zero-order valence-electron chi connectivity index (χ0n) is 22.7. The average Bonchev–Trinajstić information content (AvgIpc) is 2.84. The number of aliphatic hydroxyl groups excluding tert-OH is 1. The number of allylic oxidation sites excluding steroid dienone is 2. The molecule has 1 fully saturated rings. The number of nitrogens with two attached hydrogens (primary N) is 1. The smallest absolute Gasteiger partial charge is 0.302 e. The quantitative estimate of drug-likeness (QED) is 0.333. The van der Waals surface area contributed by atoms with E-state index in [1.54, 1.807) is 12.1 Å². The molecule has 38 heavy (non-hydrogen) atoms. The number of aliphatic hydroxyl groups is 1. The van der Waals surface area contributed by atoms with Crippen LogP contribution in [-0.4, -0.2) is 54.1 Å². The third-order valence-electron chi connectivity index (χ3n) is 7.25. The highest BCUT2D eigenvalue weighted by Crippen LogP contribution is 2.36. The predicted octanol–water partition coefficient (Wildman–Crippen LogP) is 3.70. The van der Waals surface area contributed by atoms with Gasteiger partial charge in [0.1, 0.15) is 12.2 Å². The van der Waals surface area contributed by atoms with E-state index in [0.29, 0.717) is 43.8 Å². The Kier molecular flexibility index (Phi) is 10.9. The van der Waals surface area contributed by atoms with Gasteiger partial charge in [0.25, 0.3) is 0 Å². The van der Waals surface area contributed by atoms with Crippen molar-refractivity contribution in [1.29, 1.82) is 0 Å². The Bertz CT molecular complexity index is 1040. The second-order valence-corrected chi connectivity index (χ2v) is 10.3. The van der Waals surface area contributed by atoms with Gasteiger partial charge in [-0.1, -0.05) is 25.3 Å². The van der Waals surface area contributed by atoms with Gasteiger partial charge in [-0.05, 0) is 72.9 Å². The number of hydrogen-bond acceptors (Lipinski definition) is 9. The van der Waals surface area contributed by atoms with E-state index < -0.39 is 24.3 Å². The monoisotopic (exact) mass is 530 g/mol. The summed E-state index contributed by atoms with van der Waals surface area (Å²) in [5.41, 5.74) is 8.58. The number of benzene rings is 1. The molecule has 0 saturated heterocycles. The first-order valence-electron chi connectivity index (χ1n) is 13.5. The summed E-state index contributed by atoms with van der Waals surface area (Å²) >= 11 is 0. The highest BCUT2D eigenvalue weighted by molar-refractivity contribution is 5.79. The number of ether oxygens (including phenoxy) is 3. The van der Waals surface area contributed by atoms with Crippen LogP contribution in [0.15, 0.2) is 30.1 Å². The molecule has 1 aromatic rings. The maximum Gasteiger partial charge on any atom is 0.302 e. The second-order valence-electron chi connectivity index (χ2n) is 10.3. The van der Waals surface area contributed by atoms with Gasteiger partial charge in [0.2, 0.25) is 0 Å². The van der Waals surface area contributed by atoms with Gasteiger partial charge in [-0.15, -0.1) is 0 Å². The number of hydrogen-bond donors (Lipinski definition) is 4. The van der Waals surface area contributed by atoms with Crippen molar-refractivity contribution in [3.05, 3.63) is 41.2 Å². The van der Waals surface area contributed by atoms with Gasteiger partial charge < -0.3 is 35.5 Å². The first kappa shape index (κ1) is 29.4. The van der Waals surface area contributed by atoms with Crippen LogP contribution < -0.4 is 15.8 Å². The number of dihydropyridines is 1. The molecule has 0 amide bonds. The molecule has 9 heteroatoms. The van der Waals surface area contributed by atoms with Gasteiger partial charge >= 0.3 is 11.9 Å². The fourth-order valence-corrected chi connectivity index (χ4v) is 5.46. The summed E-state index contributed by atoms with van der Waals surface area (Å²) in [5.74, 6) is 0.0970. The minimum Gasteiger partial charge on any atom is -0.504 e. The summed E-state index contributed by atoms with van der Waals surface area (Å²) in [6.45, 7) is 3.32. The predicted molar refractivity (Wildman–Crippen MR) is 144 cm³/mol. The maximum atomic E-state index is 12.0. The first-order valence-corrected chi connectivity index (χ1v) is 13.5.